The van der Waals surface area contributed by atoms with Crippen LogP contribution in [0.5, 0.6) is 0 Å². The van der Waals surface area contributed by atoms with Crippen molar-refractivity contribution in [2.75, 3.05) is 13.1 Å². The van der Waals surface area contributed by atoms with Crippen LogP contribution in [-0.2, 0) is 0 Å². The lowest BCUT2D eigenvalue weighted by atomic mass is 9.91. The molecular formula is C17H19NO. The third kappa shape index (κ3) is 2.00. The zero-order valence-electron chi connectivity index (χ0n) is 11.1. The third-order valence-corrected chi connectivity index (χ3v) is 4.52. The Bertz CT molecular complexity index is 592. The van der Waals surface area contributed by atoms with Crippen LogP contribution in [-0.4, -0.2) is 24.0 Å². The molecule has 1 fully saturated rings. The molecule has 19 heavy (non-hydrogen) atoms. The van der Waals surface area contributed by atoms with Gasteiger partial charge in [0, 0.05) is 18.0 Å². The van der Waals surface area contributed by atoms with Crippen molar-refractivity contribution in [1.82, 2.24) is 4.90 Å². The highest BCUT2D eigenvalue weighted by atomic mass is 16.3. The van der Waals surface area contributed by atoms with E-state index in [9.17, 15) is 0 Å². The van der Waals surface area contributed by atoms with E-state index in [1.807, 2.05) is 6.07 Å². The molecule has 1 aromatic carbocycles. The first-order valence-corrected chi connectivity index (χ1v) is 7.32. The van der Waals surface area contributed by atoms with Crippen molar-refractivity contribution in [3.63, 3.8) is 0 Å². The van der Waals surface area contributed by atoms with Crippen LogP contribution in [0.15, 0.2) is 40.8 Å². The summed E-state index contributed by atoms with van der Waals surface area (Å²) in [6, 6.07) is 11.2. The molecule has 2 heteroatoms. The van der Waals surface area contributed by atoms with Gasteiger partial charge >= 0.3 is 0 Å². The minimum atomic E-state index is 0.738. The summed E-state index contributed by atoms with van der Waals surface area (Å²) in [6.07, 6.45) is 7.61. The highest BCUT2D eigenvalue weighted by Crippen LogP contribution is 2.33. The number of nitrogens with zero attached hydrogens (tertiary/aromatic N) is 1. The topological polar surface area (TPSA) is 16.4 Å². The Labute approximate surface area is 113 Å². The standard InChI is InChI=1S/C17H19NO/c1-2-7-16-13(5-1)12-17(19-16)14-8-10-18-9-4-3-6-15(18)11-14/h1-2,5,7-8,12,15H,3-4,6,9-11H2. The minimum absolute atomic E-state index is 0.738. The Morgan fingerprint density at radius 3 is 3.05 bits per heavy atom. The smallest absolute Gasteiger partial charge is 0.134 e. The van der Waals surface area contributed by atoms with Crippen molar-refractivity contribution < 1.29 is 4.42 Å². The minimum Gasteiger partial charge on any atom is -0.456 e. The van der Waals surface area contributed by atoms with Crippen molar-refractivity contribution in [3.05, 3.63) is 42.2 Å². The first kappa shape index (κ1) is 11.3. The van der Waals surface area contributed by atoms with E-state index in [0.717, 1.165) is 30.4 Å². The lowest BCUT2D eigenvalue weighted by molar-refractivity contribution is 0.161. The van der Waals surface area contributed by atoms with E-state index in [4.69, 9.17) is 4.42 Å². The van der Waals surface area contributed by atoms with Gasteiger partial charge in [0.2, 0.25) is 0 Å². The lowest BCUT2D eigenvalue weighted by Crippen LogP contribution is -2.41. The molecular weight excluding hydrogens is 234 g/mol. The van der Waals surface area contributed by atoms with Gasteiger partial charge in [-0.2, -0.15) is 0 Å². The van der Waals surface area contributed by atoms with E-state index in [0.29, 0.717) is 0 Å². The second-order valence-corrected chi connectivity index (χ2v) is 5.73. The second kappa shape index (κ2) is 4.53. The summed E-state index contributed by atoms with van der Waals surface area (Å²) in [5.74, 6) is 1.08. The Hall–Kier alpha value is -1.54. The van der Waals surface area contributed by atoms with Crippen molar-refractivity contribution in [2.45, 2.75) is 31.7 Å². The number of rotatable bonds is 1. The number of hydrogen-bond acceptors (Lipinski definition) is 2. The summed E-state index contributed by atoms with van der Waals surface area (Å²) >= 11 is 0. The summed E-state index contributed by atoms with van der Waals surface area (Å²) < 4.78 is 6.00. The summed E-state index contributed by atoms with van der Waals surface area (Å²) in [5, 5.41) is 1.21. The molecule has 2 aliphatic rings. The van der Waals surface area contributed by atoms with Crippen LogP contribution in [0.3, 0.4) is 0 Å². The number of piperidine rings is 1. The van der Waals surface area contributed by atoms with Gasteiger partial charge in [-0.25, -0.2) is 0 Å². The van der Waals surface area contributed by atoms with Crippen LogP contribution in [0, 0.1) is 0 Å². The zero-order valence-corrected chi connectivity index (χ0v) is 11.1. The maximum absolute atomic E-state index is 6.00. The SMILES string of the molecule is C1=C(c2cc3ccccc3o2)CC2CCCCN2C1. The fourth-order valence-corrected chi connectivity index (χ4v) is 3.44. The van der Waals surface area contributed by atoms with Crippen molar-refractivity contribution in [3.8, 4) is 0 Å². The molecule has 1 aromatic heterocycles. The monoisotopic (exact) mass is 253 g/mol. The molecule has 3 heterocycles. The van der Waals surface area contributed by atoms with Crippen LogP contribution in [0.4, 0.5) is 0 Å². The highest BCUT2D eigenvalue weighted by molar-refractivity contribution is 5.82. The number of furan rings is 1. The van der Waals surface area contributed by atoms with Crippen LogP contribution in [0.25, 0.3) is 16.5 Å². The van der Waals surface area contributed by atoms with Crippen molar-refractivity contribution in [1.29, 1.82) is 0 Å². The predicted octanol–water partition coefficient (Wildman–Crippen LogP) is 4.07. The lowest BCUT2D eigenvalue weighted by Gasteiger charge is -2.38. The Morgan fingerprint density at radius 2 is 2.11 bits per heavy atom. The van der Waals surface area contributed by atoms with E-state index >= 15 is 0 Å². The van der Waals surface area contributed by atoms with Crippen LogP contribution < -0.4 is 0 Å². The molecule has 2 aromatic rings. The number of fused-ring (bicyclic) bond motifs is 2. The fraction of sp³-hybridized carbons (Fsp3) is 0.412. The largest absolute Gasteiger partial charge is 0.456 e. The molecule has 0 radical (unpaired) electrons. The highest BCUT2D eigenvalue weighted by Gasteiger charge is 2.27. The molecule has 1 unspecified atom stereocenters. The molecule has 0 amide bonds. The van der Waals surface area contributed by atoms with E-state index in [1.165, 1.54) is 36.8 Å². The molecule has 0 saturated carbocycles. The fourth-order valence-electron chi connectivity index (χ4n) is 3.44. The average molecular weight is 253 g/mol. The van der Waals surface area contributed by atoms with E-state index in [2.05, 4.69) is 35.2 Å². The van der Waals surface area contributed by atoms with Gasteiger partial charge in [0.1, 0.15) is 11.3 Å². The molecule has 2 nitrogen and oxygen atoms in total. The molecule has 2 aliphatic heterocycles. The number of hydrogen-bond donors (Lipinski definition) is 0. The van der Waals surface area contributed by atoms with Gasteiger partial charge in [-0.3, -0.25) is 4.90 Å². The molecule has 98 valence electrons. The molecule has 4 rings (SSSR count). The van der Waals surface area contributed by atoms with Gasteiger partial charge in [-0.1, -0.05) is 30.7 Å². The molecule has 1 saturated heterocycles. The van der Waals surface area contributed by atoms with Gasteiger partial charge in [0.15, 0.2) is 0 Å². The summed E-state index contributed by atoms with van der Waals surface area (Å²) in [4.78, 5) is 2.62. The summed E-state index contributed by atoms with van der Waals surface area (Å²) in [6.45, 7) is 2.37. The molecule has 0 aliphatic carbocycles. The Kier molecular flexibility index (Phi) is 2.70. The first-order chi connectivity index (χ1) is 9.40. The van der Waals surface area contributed by atoms with Gasteiger partial charge in [0.25, 0.3) is 0 Å². The Balaban J connectivity index is 1.66. The third-order valence-electron chi connectivity index (χ3n) is 4.52. The maximum atomic E-state index is 6.00. The van der Waals surface area contributed by atoms with Gasteiger partial charge < -0.3 is 4.42 Å². The second-order valence-electron chi connectivity index (χ2n) is 5.73. The van der Waals surface area contributed by atoms with E-state index in [-0.39, 0.29) is 0 Å². The molecule has 0 spiro atoms. The van der Waals surface area contributed by atoms with Crippen molar-refractivity contribution >= 4 is 16.5 Å². The normalized spacial score (nSPS) is 24.2. The van der Waals surface area contributed by atoms with Crippen LogP contribution in [0.1, 0.15) is 31.4 Å². The van der Waals surface area contributed by atoms with Crippen LogP contribution >= 0.6 is 0 Å². The first-order valence-electron chi connectivity index (χ1n) is 7.32. The zero-order chi connectivity index (χ0) is 12.7. The van der Waals surface area contributed by atoms with E-state index in [1.54, 1.807) is 0 Å². The summed E-state index contributed by atoms with van der Waals surface area (Å²) in [5.41, 5.74) is 2.41. The molecule has 0 bridgehead atoms. The quantitative estimate of drug-likeness (QED) is 0.761. The Morgan fingerprint density at radius 1 is 1.16 bits per heavy atom. The van der Waals surface area contributed by atoms with Gasteiger partial charge in [-0.15, -0.1) is 0 Å². The average Bonchev–Trinajstić information content (AvgIpc) is 2.90. The van der Waals surface area contributed by atoms with Gasteiger partial charge in [-0.05, 0) is 43.5 Å². The summed E-state index contributed by atoms with van der Waals surface area (Å²) in [7, 11) is 0. The molecule has 0 N–H and O–H groups in total. The number of benzene rings is 1. The number of para-hydroxylation sites is 1. The van der Waals surface area contributed by atoms with Gasteiger partial charge in [0.05, 0.1) is 0 Å². The molecule has 1 atom stereocenters. The van der Waals surface area contributed by atoms with E-state index < -0.39 is 0 Å². The van der Waals surface area contributed by atoms with Crippen molar-refractivity contribution in [2.24, 2.45) is 0 Å². The maximum Gasteiger partial charge on any atom is 0.134 e. The van der Waals surface area contributed by atoms with Crippen LogP contribution in [0.2, 0.25) is 0 Å². The predicted molar refractivity (Wildman–Crippen MR) is 78.0 cm³/mol.